The Hall–Kier alpha value is -2.00. The number of ether oxygens (including phenoxy) is 2. The summed E-state index contributed by atoms with van der Waals surface area (Å²) in [5, 5.41) is 3.58. The summed E-state index contributed by atoms with van der Waals surface area (Å²) in [6.07, 6.45) is 0. The predicted octanol–water partition coefficient (Wildman–Crippen LogP) is 3.88. The quantitative estimate of drug-likeness (QED) is 0.923. The second kappa shape index (κ2) is 5.78. The first-order valence-corrected chi connectivity index (χ1v) is 7.32. The molecule has 1 aliphatic heterocycles. The van der Waals surface area contributed by atoms with Gasteiger partial charge in [-0.05, 0) is 49.6 Å². The van der Waals surface area contributed by atoms with E-state index in [9.17, 15) is 0 Å². The highest BCUT2D eigenvalue weighted by Gasteiger charge is 2.14. The Morgan fingerprint density at radius 2 is 1.86 bits per heavy atom. The van der Waals surface area contributed by atoms with Crippen molar-refractivity contribution in [2.45, 2.75) is 33.4 Å². The molecule has 1 aliphatic rings. The first-order valence-electron chi connectivity index (χ1n) is 7.32. The summed E-state index contributed by atoms with van der Waals surface area (Å²) in [7, 11) is 0. The largest absolute Gasteiger partial charge is 0.454 e. The van der Waals surface area contributed by atoms with Crippen LogP contribution in [0.5, 0.6) is 11.5 Å². The lowest BCUT2D eigenvalue weighted by molar-refractivity contribution is 0.174. The van der Waals surface area contributed by atoms with Gasteiger partial charge in [0.15, 0.2) is 11.5 Å². The average Bonchev–Trinajstić information content (AvgIpc) is 2.94. The zero-order valence-corrected chi connectivity index (χ0v) is 12.8. The minimum atomic E-state index is 0.315. The number of benzene rings is 2. The first kappa shape index (κ1) is 14.0. The lowest BCUT2D eigenvalue weighted by Gasteiger charge is -2.17. The molecule has 1 N–H and O–H groups in total. The van der Waals surface area contributed by atoms with Gasteiger partial charge in [-0.15, -0.1) is 0 Å². The van der Waals surface area contributed by atoms with Crippen LogP contribution in [0.1, 0.15) is 35.2 Å². The van der Waals surface area contributed by atoms with Gasteiger partial charge in [-0.2, -0.15) is 0 Å². The molecule has 0 saturated heterocycles. The van der Waals surface area contributed by atoms with E-state index in [-0.39, 0.29) is 0 Å². The van der Waals surface area contributed by atoms with Crippen LogP contribution in [-0.2, 0) is 6.54 Å². The highest BCUT2D eigenvalue weighted by Crippen LogP contribution is 2.32. The van der Waals surface area contributed by atoms with E-state index in [1.807, 2.05) is 12.1 Å². The molecular formula is C18H21NO2. The zero-order valence-electron chi connectivity index (χ0n) is 12.8. The number of hydrogen-bond acceptors (Lipinski definition) is 3. The molecule has 0 spiro atoms. The van der Waals surface area contributed by atoms with Crippen molar-refractivity contribution in [2.75, 3.05) is 6.79 Å². The van der Waals surface area contributed by atoms with Gasteiger partial charge in [-0.25, -0.2) is 0 Å². The molecule has 0 bridgehead atoms. The van der Waals surface area contributed by atoms with Crippen molar-refractivity contribution in [3.05, 3.63) is 58.7 Å². The summed E-state index contributed by atoms with van der Waals surface area (Å²) < 4.78 is 10.8. The van der Waals surface area contributed by atoms with Crippen molar-refractivity contribution in [3.63, 3.8) is 0 Å². The lowest BCUT2D eigenvalue weighted by Crippen LogP contribution is -2.19. The van der Waals surface area contributed by atoms with Crippen LogP contribution in [0, 0.1) is 13.8 Å². The fourth-order valence-electron chi connectivity index (χ4n) is 2.66. The zero-order chi connectivity index (χ0) is 14.8. The molecule has 0 radical (unpaired) electrons. The molecule has 1 heterocycles. The SMILES string of the molecule is Cc1ccc(C)c(C(C)NCc2ccc3c(c2)OCO3)c1. The van der Waals surface area contributed by atoms with Gasteiger partial charge >= 0.3 is 0 Å². The Morgan fingerprint density at radius 3 is 2.71 bits per heavy atom. The van der Waals surface area contributed by atoms with E-state index >= 15 is 0 Å². The van der Waals surface area contributed by atoms with Crippen LogP contribution in [0.3, 0.4) is 0 Å². The summed E-state index contributed by atoms with van der Waals surface area (Å²) in [5.41, 5.74) is 5.19. The van der Waals surface area contributed by atoms with E-state index in [4.69, 9.17) is 9.47 Å². The highest BCUT2D eigenvalue weighted by molar-refractivity contribution is 5.44. The Labute approximate surface area is 125 Å². The Kier molecular flexibility index (Phi) is 3.84. The van der Waals surface area contributed by atoms with Crippen LogP contribution in [0.25, 0.3) is 0 Å². The second-order valence-corrected chi connectivity index (χ2v) is 5.65. The molecule has 0 saturated carbocycles. The summed E-state index contributed by atoms with van der Waals surface area (Å²) in [4.78, 5) is 0. The summed E-state index contributed by atoms with van der Waals surface area (Å²) in [6.45, 7) is 7.63. The summed E-state index contributed by atoms with van der Waals surface area (Å²) in [6, 6.07) is 13.0. The molecule has 0 aliphatic carbocycles. The van der Waals surface area contributed by atoms with Gasteiger partial charge in [0.05, 0.1) is 0 Å². The third kappa shape index (κ3) is 3.03. The topological polar surface area (TPSA) is 30.5 Å². The third-order valence-corrected chi connectivity index (χ3v) is 3.95. The van der Waals surface area contributed by atoms with Crippen molar-refractivity contribution in [3.8, 4) is 11.5 Å². The summed E-state index contributed by atoms with van der Waals surface area (Å²) >= 11 is 0. The molecule has 21 heavy (non-hydrogen) atoms. The number of rotatable bonds is 4. The standard InChI is InChI=1S/C18H21NO2/c1-12-4-5-13(2)16(8-12)14(3)19-10-15-6-7-17-18(9-15)21-11-20-17/h4-9,14,19H,10-11H2,1-3H3. The number of aryl methyl sites for hydroxylation is 2. The molecule has 2 aromatic rings. The minimum Gasteiger partial charge on any atom is -0.454 e. The fraction of sp³-hybridized carbons (Fsp3) is 0.333. The Morgan fingerprint density at radius 1 is 1.05 bits per heavy atom. The van der Waals surface area contributed by atoms with E-state index in [0.717, 1.165) is 18.0 Å². The van der Waals surface area contributed by atoms with Gasteiger partial charge in [0.1, 0.15) is 0 Å². The molecule has 0 amide bonds. The third-order valence-electron chi connectivity index (χ3n) is 3.95. The van der Waals surface area contributed by atoms with Gasteiger partial charge in [0, 0.05) is 12.6 Å². The van der Waals surface area contributed by atoms with E-state index in [1.54, 1.807) is 0 Å². The fourth-order valence-corrected chi connectivity index (χ4v) is 2.66. The molecule has 0 fully saturated rings. The molecule has 0 aromatic heterocycles. The van der Waals surface area contributed by atoms with Crippen molar-refractivity contribution in [2.24, 2.45) is 0 Å². The van der Waals surface area contributed by atoms with E-state index in [1.165, 1.54) is 22.3 Å². The number of nitrogens with one attached hydrogen (secondary N) is 1. The minimum absolute atomic E-state index is 0.315. The molecule has 1 atom stereocenters. The maximum Gasteiger partial charge on any atom is 0.231 e. The molecule has 1 unspecified atom stereocenters. The molecule has 110 valence electrons. The molecular weight excluding hydrogens is 262 g/mol. The highest BCUT2D eigenvalue weighted by atomic mass is 16.7. The Balaban J connectivity index is 1.68. The lowest BCUT2D eigenvalue weighted by atomic mass is 10.00. The van der Waals surface area contributed by atoms with E-state index in [2.05, 4.69) is 50.4 Å². The van der Waals surface area contributed by atoms with Gasteiger partial charge in [-0.1, -0.05) is 29.8 Å². The van der Waals surface area contributed by atoms with Crippen LogP contribution < -0.4 is 14.8 Å². The van der Waals surface area contributed by atoms with Crippen LogP contribution in [-0.4, -0.2) is 6.79 Å². The maximum absolute atomic E-state index is 5.42. The van der Waals surface area contributed by atoms with Gasteiger partial charge < -0.3 is 14.8 Å². The predicted molar refractivity (Wildman–Crippen MR) is 83.7 cm³/mol. The Bertz CT molecular complexity index is 652. The van der Waals surface area contributed by atoms with Gasteiger partial charge in [-0.3, -0.25) is 0 Å². The van der Waals surface area contributed by atoms with Crippen molar-refractivity contribution in [1.29, 1.82) is 0 Å². The van der Waals surface area contributed by atoms with Crippen LogP contribution in [0.15, 0.2) is 36.4 Å². The van der Waals surface area contributed by atoms with Crippen LogP contribution in [0.4, 0.5) is 0 Å². The molecule has 3 heteroatoms. The molecule has 2 aromatic carbocycles. The van der Waals surface area contributed by atoms with Crippen molar-refractivity contribution < 1.29 is 9.47 Å². The average molecular weight is 283 g/mol. The normalized spacial score (nSPS) is 14.2. The van der Waals surface area contributed by atoms with Crippen molar-refractivity contribution >= 4 is 0 Å². The van der Waals surface area contributed by atoms with Crippen LogP contribution >= 0.6 is 0 Å². The smallest absolute Gasteiger partial charge is 0.231 e. The van der Waals surface area contributed by atoms with Crippen LogP contribution in [0.2, 0.25) is 0 Å². The monoisotopic (exact) mass is 283 g/mol. The van der Waals surface area contributed by atoms with Gasteiger partial charge in [0.2, 0.25) is 6.79 Å². The molecule has 3 rings (SSSR count). The van der Waals surface area contributed by atoms with E-state index < -0.39 is 0 Å². The first-order chi connectivity index (χ1) is 10.1. The van der Waals surface area contributed by atoms with E-state index in [0.29, 0.717) is 12.8 Å². The number of fused-ring (bicyclic) bond motifs is 1. The maximum atomic E-state index is 5.42. The summed E-state index contributed by atoms with van der Waals surface area (Å²) in [5.74, 6) is 1.68. The second-order valence-electron chi connectivity index (χ2n) is 5.65. The molecule has 3 nitrogen and oxygen atoms in total. The number of hydrogen-bond donors (Lipinski definition) is 1. The van der Waals surface area contributed by atoms with Gasteiger partial charge in [0.25, 0.3) is 0 Å². The van der Waals surface area contributed by atoms with Crippen molar-refractivity contribution in [1.82, 2.24) is 5.32 Å².